The third-order valence-corrected chi connectivity index (χ3v) is 7.27. The first kappa shape index (κ1) is 20.9. The fraction of sp³-hybridized carbons (Fsp3) is 0.0769. The lowest BCUT2D eigenvalue weighted by Gasteiger charge is -2.11. The highest BCUT2D eigenvalue weighted by atomic mass is 32.2. The maximum Gasteiger partial charge on any atom is 0.268 e. The zero-order valence-electron chi connectivity index (χ0n) is 17.8. The summed E-state index contributed by atoms with van der Waals surface area (Å²) < 4.78 is 34.8. The summed E-state index contributed by atoms with van der Waals surface area (Å²) in [6, 6.07) is 23.3. The van der Waals surface area contributed by atoms with E-state index in [9.17, 15) is 13.2 Å². The van der Waals surface area contributed by atoms with E-state index >= 15 is 0 Å². The van der Waals surface area contributed by atoms with Crippen molar-refractivity contribution in [1.82, 2.24) is 8.96 Å². The molecule has 164 valence electrons. The van der Waals surface area contributed by atoms with Crippen LogP contribution in [0.2, 0.25) is 0 Å². The Balaban J connectivity index is 1.76. The van der Waals surface area contributed by atoms with Crippen LogP contribution in [0.3, 0.4) is 0 Å². The van der Waals surface area contributed by atoms with Crippen LogP contribution < -0.4 is 4.74 Å². The molecule has 0 aliphatic carbocycles. The van der Waals surface area contributed by atoms with E-state index in [2.05, 4.69) is 4.98 Å². The molecular weight excluding hydrogens is 436 g/mol. The number of pyridine rings is 1. The van der Waals surface area contributed by atoms with E-state index < -0.39 is 10.0 Å². The summed E-state index contributed by atoms with van der Waals surface area (Å²) in [4.78, 5) is 15.7. The number of aromatic nitrogens is 2. The number of aldehydes is 1. The van der Waals surface area contributed by atoms with E-state index in [4.69, 9.17) is 4.74 Å². The minimum Gasteiger partial charge on any atom is -0.488 e. The van der Waals surface area contributed by atoms with Gasteiger partial charge in [-0.3, -0.25) is 9.78 Å². The molecule has 6 nitrogen and oxygen atoms in total. The number of fused-ring (bicyclic) bond motifs is 3. The van der Waals surface area contributed by atoms with E-state index in [1.807, 2.05) is 37.3 Å². The molecule has 0 unspecified atom stereocenters. The number of rotatable bonds is 6. The van der Waals surface area contributed by atoms with E-state index in [0.717, 1.165) is 11.1 Å². The lowest BCUT2D eigenvalue weighted by molar-refractivity contribution is 0.111. The quantitative estimate of drug-likeness (QED) is 0.331. The van der Waals surface area contributed by atoms with Gasteiger partial charge in [0.25, 0.3) is 10.0 Å². The third-order valence-electron chi connectivity index (χ3n) is 5.53. The van der Waals surface area contributed by atoms with Gasteiger partial charge in [-0.2, -0.15) is 0 Å². The molecule has 0 aliphatic rings. The number of nitrogens with zero attached hydrogens (tertiary/aromatic N) is 2. The van der Waals surface area contributed by atoms with Crippen LogP contribution in [0.15, 0.2) is 90.0 Å². The van der Waals surface area contributed by atoms with Gasteiger partial charge in [0.1, 0.15) is 18.1 Å². The maximum atomic E-state index is 13.7. The zero-order chi connectivity index (χ0) is 23.0. The Kier molecular flexibility index (Phi) is 5.18. The summed E-state index contributed by atoms with van der Waals surface area (Å²) in [6.45, 7) is 2.22. The van der Waals surface area contributed by atoms with Crippen LogP contribution in [0.5, 0.6) is 5.75 Å². The Bertz CT molecular complexity index is 1590. The van der Waals surface area contributed by atoms with Gasteiger partial charge in [0.15, 0.2) is 6.29 Å². The topological polar surface area (TPSA) is 78.3 Å². The molecule has 0 saturated carbocycles. The Hall–Kier alpha value is -3.97. The van der Waals surface area contributed by atoms with E-state index in [1.165, 1.54) is 10.2 Å². The molecule has 0 radical (unpaired) electrons. The second kappa shape index (κ2) is 8.18. The van der Waals surface area contributed by atoms with Gasteiger partial charge in [-0.1, -0.05) is 54.1 Å². The van der Waals surface area contributed by atoms with Crippen LogP contribution in [0.25, 0.3) is 21.8 Å². The number of benzene rings is 3. The number of carbonyl (C=O) groups is 1. The fourth-order valence-electron chi connectivity index (χ4n) is 3.91. The van der Waals surface area contributed by atoms with Crippen LogP contribution in [0.1, 0.15) is 21.6 Å². The van der Waals surface area contributed by atoms with Crippen LogP contribution in [-0.4, -0.2) is 23.7 Å². The highest BCUT2D eigenvalue weighted by Gasteiger charge is 2.25. The van der Waals surface area contributed by atoms with Gasteiger partial charge in [0.05, 0.1) is 27.5 Å². The second-order valence-electron chi connectivity index (χ2n) is 7.75. The number of hydrogen-bond acceptors (Lipinski definition) is 5. The molecule has 0 spiro atoms. The summed E-state index contributed by atoms with van der Waals surface area (Å²) in [6.07, 6.45) is 2.07. The summed E-state index contributed by atoms with van der Waals surface area (Å²) in [5.41, 5.74) is 3.01. The lowest BCUT2D eigenvalue weighted by Crippen LogP contribution is -2.13. The molecule has 0 amide bonds. The fourth-order valence-corrected chi connectivity index (χ4v) is 5.42. The molecule has 3 aromatic carbocycles. The van der Waals surface area contributed by atoms with Crippen molar-refractivity contribution in [2.45, 2.75) is 18.4 Å². The summed E-state index contributed by atoms with van der Waals surface area (Å²) in [7, 11) is -3.94. The van der Waals surface area contributed by atoms with Crippen molar-refractivity contribution >= 4 is 38.1 Å². The molecule has 0 saturated heterocycles. The molecule has 0 bridgehead atoms. The Morgan fingerprint density at radius 1 is 0.939 bits per heavy atom. The van der Waals surface area contributed by atoms with Crippen molar-refractivity contribution in [1.29, 1.82) is 0 Å². The van der Waals surface area contributed by atoms with Gasteiger partial charge >= 0.3 is 0 Å². The molecule has 2 aromatic heterocycles. The highest BCUT2D eigenvalue weighted by molar-refractivity contribution is 7.90. The Labute approximate surface area is 191 Å². The zero-order valence-corrected chi connectivity index (χ0v) is 18.6. The molecule has 0 aliphatic heterocycles. The molecule has 0 fully saturated rings. The molecule has 2 heterocycles. The Morgan fingerprint density at radius 2 is 1.70 bits per heavy atom. The summed E-state index contributed by atoms with van der Waals surface area (Å²) in [5.74, 6) is 0.530. The van der Waals surface area contributed by atoms with Crippen molar-refractivity contribution in [2.75, 3.05) is 0 Å². The van der Waals surface area contributed by atoms with Crippen molar-refractivity contribution in [3.63, 3.8) is 0 Å². The molecule has 5 aromatic rings. The number of hydrogen-bond donors (Lipinski definition) is 0. The average Bonchev–Trinajstić information content (AvgIpc) is 3.18. The molecular formula is C26H20N2O4S. The highest BCUT2D eigenvalue weighted by Crippen LogP contribution is 2.38. The summed E-state index contributed by atoms with van der Waals surface area (Å²) in [5, 5.41) is 1.20. The van der Waals surface area contributed by atoms with Gasteiger partial charge < -0.3 is 4.74 Å². The predicted octanol–water partition coefficient (Wildman–Crippen LogP) is 5.13. The SMILES string of the molecule is Cc1ccc(S(=O)(=O)n2c3cnc(C=O)cc3c3c(OCc4ccccc4)cccc32)cc1. The predicted molar refractivity (Wildman–Crippen MR) is 127 cm³/mol. The van der Waals surface area contributed by atoms with E-state index in [-0.39, 0.29) is 10.6 Å². The average molecular weight is 457 g/mol. The molecule has 5 rings (SSSR count). The minimum absolute atomic E-state index is 0.168. The number of ether oxygens (including phenoxy) is 1. The van der Waals surface area contributed by atoms with Crippen LogP contribution in [-0.2, 0) is 16.6 Å². The number of carbonyl (C=O) groups excluding carboxylic acids is 1. The molecule has 33 heavy (non-hydrogen) atoms. The van der Waals surface area contributed by atoms with Crippen molar-refractivity contribution in [3.05, 3.63) is 102 Å². The molecule has 7 heteroatoms. The molecule has 0 atom stereocenters. The van der Waals surface area contributed by atoms with Gasteiger partial charge in [0.2, 0.25) is 0 Å². The normalized spacial score (nSPS) is 11.7. The number of aryl methyl sites for hydroxylation is 1. The first-order valence-electron chi connectivity index (χ1n) is 10.4. The first-order valence-corrected chi connectivity index (χ1v) is 11.8. The summed E-state index contributed by atoms with van der Waals surface area (Å²) >= 11 is 0. The van der Waals surface area contributed by atoms with Gasteiger partial charge in [-0.05, 0) is 42.8 Å². The largest absolute Gasteiger partial charge is 0.488 e. The van der Waals surface area contributed by atoms with Crippen molar-refractivity contribution in [3.8, 4) is 5.75 Å². The van der Waals surface area contributed by atoms with E-state index in [1.54, 1.807) is 48.5 Å². The van der Waals surface area contributed by atoms with Crippen LogP contribution >= 0.6 is 0 Å². The molecule has 0 N–H and O–H groups in total. The van der Waals surface area contributed by atoms with Crippen molar-refractivity contribution < 1.29 is 17.9 Å². The smallest absolute Gasteiger partial charge is 0.268 e. The third kappa shape index (κ3) is 3.66. The van der Waals surface area contributed by atoms with Crippen LogP contribution in [0.4, 0.5) is 0 Å². The van der Waals surface area contributed by atoms with Crippen LogP contribution in [0, 0.1) is 6.92 Å². The monoisotopic (exact) mass is 456 g/mol. The van der Waals surface area contributed by atoms with Gasteiger partial charge in [-0.15, -0.1) is 0 Å². The maximum absolute atomic E-state index is 13.7. The van der Waals surface area contributed by atoms with Gasteiger partial charge in [0, 0.05) is 5.39 Å². The Morgan fingerprint density at radius 3 is 2.42 bits per heavy atom. The van der Waals surface area contributed by atoms with E-state index in [0.29, 0.717) is 40.4 Å². The second-order valence-corrected chi connectivity index (χ2v) is 9.54. The first-order chi connectivity index (χ1) is 16.0. The standard InChI is InChI=1S/C26H20N2O4S/c1-18-10-12-21(13-11-18)33(30,31)28-23-8-5-9-25(32-17-19-6-3-2-4-7-19)26(23)22-14-20(16-29)27-15-24(22)28/h2-16H,17H2,1H3. The minimum atomic E-state index is -3.94. The lowest BCUT2D eigenvalue weighted by atomic mass is 10.1. The van der Waals surface area contributed by atoms with Gasteiger partial charge in [-0.25, -0.2) is 12.4 Å². The van der Waals surface area contributed by atoms with Crippen molar-refractivity contribution in [2.24, 2.45) is 0 Å².